The number of hydrogen-bond acceptors (Lipinski definition) is 3. The summed E-state index contributed by atoms with van der Waals surface area (Å²) < 4.78 is 0. The van der Waals surface area contributed by atoms with Crippen LogP contribution in [0.1, 0.15) is 26.0 Å². The van der Waals surface area contributed by atoms with Crippen LogP contribution in [0.25, 0.3) is 0 Å². The van der Waals surface area contributed by atoms with Crippen molar-refractivity contribution in [1.29, 1.82) is 0 Å². The van der Waals surface area contributed by atoms with Gasteiger partial charge in [-0.3, -0.25) is 9.89 Å². The number of carbonyl (C=O) groups is 1. The van der Waals surface area contributed by atoms with Crippen molar-refractivity contribution in [2.45, 2.75) is 32.4 Å². The van der Waals surface area contributed by atoms with Crippen molar-refractivity contribution in [3.63, 3.8) is 0 Å². The predicted octanol–water partition coefficient (Wildman–Crippen LogP) is 0.153. The molecule has 0 saturated heterocycles. The van der Waals surface area contributed by atoms with Crippen LogP contribution in [0.5, 0.6) is 0 Å². The molecule has 5 nitrogen and oxygen atoms in total. The molecule has 0 atom stereocenters. The smallest absolute Gasteiger partial charge is 0.222 e. The van der Waals surface area contributed by atoms with Gasteiger partial charge in [0.15, 0.2) is 0 Å². The molecule has 78 valence electrons. The second-order valence-electron chi connectivity index (χ2n) is 4.02. The third kappa shape index (κ3) is 4.04. The van der Waals surface area contributed by atoms with E-state index < -0.39 is 5.54 Å². The number of amides is 1. The lowest BCUT2D eigenvalue weighted by Crippen LogP contribution is -2.38. The van der Waals surface area contributed by atoms with Crippen molar-refractivity contribution in [2.24, 2.45) is 5.73 Å². The maximum atomic E-state index is 11.3. The summed E-state index contributed by atoms with van der Waals surface area (Å²) in [5, 5.41) is 9.28. The van der Waals surface area contributed by atoms with Crippen molar-refractivity contribution in [3.05, 3.63) is 18.0 Å². The number of nitrogens with one attached hydrogen (secondary N) is 2. The third-order valence-electron chi connectivity index (χ3n) is 1.65. The second kappa shape index (κ2) is 4.23. The van der Waals surface area contributed by atoms with E-state index in [2.05, 4.69) is 15.5 Å². The normalized spacial score (nSPS) is 11.4. The monoisotopic (exact) mass is 196 g/mol. The van der Waals surface area contributed by atoms with Gasteiger partial charge in [-0.05, 0) is 19.9 Å². The molecular weight excluding hydrogens is 180 g/mol. The number of rotatable bonds is 4. The average Bonchev–Trinajstić information content (AvgIpc) is 2.49. The Morgan fingerprint density at radius 1 is 1.71 bits per heavy atom. The molecular formula is C9H16N4O. The van der Waals surface area contributed by atoms with Gasteiger partial charge in [0.25, 0.3) is 0 Å². The van der Waals surface area contributed by atoms with E-state index >= 15 is 0 Å². The predicted molar refractivity (Wildman–Crippen MR) is 53.3 cm³/mol. The molecule has 5 heteroatoms. The Kier molecular flexibility index (Phi) is 3.24. The number of nitrogens with zero attached hydrogens (tertiary/aromatic N) is 1. The molecule has 1 rings (SSSR count). The summed E-state index contributed by atoms with van der Waals surface area (Å²) in [6, 6.07) is 1.81. The topological polar surface area (TPSA) is 83.8 Å². The molecule has 0 aliphatic heterocycles. The van der Waals surface area contributed by atoms with E-state index in [-0.39, 0.29) is 5.91 Å². The van der Waals surface area contributed by atoms with Crippen molar-refractivity contribution in [1.82, 2.24) is 15.5 Å². The first kappa shape index (κ1) is 10.7. The van der Waals surface area contributed by atoms with Crippen LogP contribution in [0.2, 0.25) is 0 Å². The zero-order valence-corrected chi connectivity index (χ0v) is 8.50. The Labute approximate surface area is 83.1 Å². The lowest BCUT2D eigenvalue weighted by atomic mass is 10.0. The summed E-state index contributed by atoms with van der Waals surface area (Å²) >= 11 is 0. The molecule has 0 saturated carbocycles. The van der Waals surface area contributed by atoms with Gasteiger partial charge in [-0.1, -0.05) is 0 Å². The standard InChI is InChI=1S/C9H16N4O/c1-9(2,10)5-8(14)11-6-7-3-4-12-13-7/h3-4H,5-6,10H2,1-2H3,(H,11,14)(H,12,13). The summed E-state index contributed by atoms with van der Waals surface area (Å²) in [6.45, 7) is 4.11. The maximum Gasteiger partial charge on any atom is 0.222 e. The summed E-state index contributed by atoms with van der Waals surface area (Å²) in [4.78, 5) is 11.3. The second-order valence-corrected chi connectivity index (χ2v) is 4.02. The van der Waals surface area contributed by atoms with Gasteiger partial charge in [0.1, 0.15) is 0 Å². The minimum absolute atomic E-state index is 0.0490. The van der Waals surface area contributed by atoms with Gasteiger partial charge in [-0.15, -0.1) is 0 Å². The minimum Gasteiger partial charge on any atom is -0.350 e. The molecule has 1 aromatic rings. The van der Waals surface area contributed by atoms with Gasteiger partial charge in [0.2, 0.25) is 5.91 Å². The number of hydrogen-bond donors (Lipinski definition) is 3. The Bertz CT molecular complexity index is 286. The maximum absolute atomic E-state index is 11.3. The first-order valence-electron chi connectivity index (χ1n) is 4.51. The van der Waals surface area contributed by atoms with Crippen LogP contribution in [0.4, 0.5) is 0 Å². The highest BCUT2D eigenvalue weighted by Gasteiger charge is 2.15. The SMILES string of the molecule is CC(C)(N)CC(=O)NCc1ccn[nH]1. The molecule has 1 aromatic heterocycles. The number of H-pyrrole nitrogens is 1. The molecule has 0 aromatic carbocycles. The van der Waals surface area contributed by atoms with Gasteiger partial charge in [-0.25, -0.2) is 0 Å². The van der Waals surface area contributed by atoms with E-state index in [0.29, 0.717) is 13.0 Å². The van der Waals surface area contributed by atoms with Gasteiger partial charge in [0, 0.05) is 18.2 Å². The lowest BCUT2D eigenvalue weighted by molar-refractivity contribution is -0.122. The van der Waals surface area contributed by atoms with E-state index in [0.717, 1.165) is 5.69 Å². The van der Waals surface area contributed by atoms with Crippen LogP contribution in [-0.2, 0) is 11.3 Å². The van der Waals surface area contributed by atoms with Crippen LogP contribution < -0.4 is 11.1 Å². The summed E-state index contributed by atoms with van der Waals surface area (Å²) in [5.74, 6) is -0.0490. The number of aromatic nitrogens is 2. The molecule has 0 aliphatic carbocycles. The molecule has 0 radical (unpaired) electrons. The van der Waals surface area contributed by atoms with E-state index in [1.165, 1.54) is 0 Å². The van der Waals surface area contributed by atoms with Crippen LogP contribution >= 0.6 is 0 Å². The molecule has 4 N–H and O–H groups in total. The highest BCUT2D eigenvalue weighted by molar-refractivity contribution is 5.76. The van der Waals surface area contributed by atoms with Crippen molar-refractivity contribution < 1.29 is 4.79 Å². The van der Waals surface area contributed by atoms with Crippen LogP contribution in [0.3, 0.4) is 0 Å². The summed E-state index contributed by atoms with van der Waals surface area (Å²) in [6.07, 6.45) is 1.97. The van der Waals surface area contributed by atoms with E-state index in [4.69, 9.17) is 5.73 Å². The molecule has 0 fully saturated rings. The fourth-order valence-electron chi connectivity index (χ4n) is 1.05. The Morgan fingerprint density at radius 2 is 2.43 bits per heavy atom. The Hall–Kier alpha value is -1.36. The van der Waals surface area contributed by atoms with E-state index in [1.807, 2.05) is 19.9 Å². The van der Waals surface area contributed by atoms with Crippen molar-refractivity contribution >= 4 is 5.91 Å². The van der Waals surface area contributed by atoms with Gasteiger partial charge < -0.3 is 11.1 Å². The molecule has 0 unspecified atom stereocenters. The Morgan fingerprint density at radius 3 is 2.93 bits per heavy atom. The summed E-state index contributed by atoms with van der Waals surface area (Å²) in [7, 11) is 0. The fourth-order valence-corrected chi connectivity index (χ4v) is 1.05. The zero-order valence-electron chi connectivity index (χ0n) is 8.50. The van der Waals surface area contributed by atoms with Crippen LogP contribution in [0, 0.1) is 0 Å². The average molecular weight is 196 g/mol. The quantitative estimate of drug-likeness (QED) is 0.641. The van der Waals surface area contributed by atoms with Gasteiger partial charge in [0.05, 0.1) is 12.2 Å². The first-order chi connectivity index (χ1) is 6.47. The fraction of sp³-hybridized carbons (Fsp3) is 0.556. The number of nitrogens with two attached hydrogens (primary N) is 1. The third-order valence-corrected chi connectivity index (χ3v) is 1.65. The molecule has 0 bridgehead atoms. The minimum atomic E-state index is -0.460. The highest BCUT2D eigenvalue weighted by atomic mass is 16.1. The lowest BCUT2D eigenvalue weighted by Gasteiger charge is -2.17. The number of aromatic amines is 1. The number of carbonyl (C=O) groups excluding carboxylic acids is 1. The Balaban J connectivity index is 2.29. The van der Waals surface area contributed by atoms with E-state index in [1.54, 1.807) is 6.20 Å². The van der Waals surface area contributed by atoms with Gasteiger partial charge >= 0.3 is 0 Å². The summed E-state index contributed by atoms with van der Waals surface area (Å²) in [5.41, 5.74) is 6.13. The molecule has 1 amide bonds. The van der Waals surface area contributed by atoms with Crippen molar-refractivity contribution in [3.8, 4) is 0 Å². The van der Waals surface area contributed by atoms with Crippen LogP contribution in [0.15, 0.2) is 12.3 Å². The molecule has 0 spiro atoms. The van der Waals surface area contributed by atoms with Crippen molar-refractivity contribution in [2.75, 3.05) is 0 Å². The molecule has 14 heavy (non-hydrogen) atoms. The largest absolute Gasteiger partial charge is 0.350 e. The molecule has 1 heterocycles. The molecule has 0 aliphatic rings. The van der Waals surface area contributed by atoms with Crippen LogP contribution in [-0.4, -0.2) is 21.6 Å². The first-order valence-corrected chi connectivity index (χ1v) is 4.51. The van der Waals surface area contributed by atoms with E-state index in [9.17, 15) is 4.79 Å². The zero-order chi connectivity index (χ0) is 10.6. The highest BCUT2D eigenvalue weighted by Crippen LogP contribution is 2.02. The van der Waals surface area contributed by atoms with Gasteiger partial charge in [-0.2, -0.15) is 5.10 Å².